The minimum Gasteiger partial charge on any atom is -0.493 e. The van der Waals surface area contributed by atoms with E-state index in [-0.39, 0.29) is 5.41 Å². The molecule has 1 heterocycles. The molecule has 0 unspecified atom stereocenters. The summed E-state index contributed by atoms with van der Waals surface area (Å²) in [6, 6.07) is 11.1. The second-order valence-electron chi connectivity index (χ2n) is 7.76. The Labute approximate surface area is 155 Å². The van der Waals surface area contributed by atoms with Gasteiger partial charge in [-0.1, -0.05) is 38.1 Å². The van der Waals surface area contributed by atoms with E-state index in [1.807, 2.05) is 6.07 Å². The fourth-order valence-electron chi connectivity index (χ4n) is 4.98. The fraction of sp³-hybridized carbons (Fsp3) is 0.455. The van der Waals surface area contributed by atoms with Gasteiger partial charge in [0.25, 0.3) is 0 Å². The Kier molecular flexibility index (Phi) is 4.02. The van der Waals surface area contributed by atoms with Crippen LogP contribution in [0.3, 0.4) is 0 Å². The van der Waals surface area contributed by atoms with Crippen LogP contribution in [0.25, 0.3) is 0 Å². The summed E-state index contributed by atoms with van der Waals surface area (Å²) in [5, 5.41) is 3.80. The largest absolute Gasteiger partial charge is 0.493 e. The van der Waals surface area contributed by atoms with E-state index in [0.717, 1.165) is 24.3 Å². The molecule has 0 fully saturated rings. The van der Waals surface area contributed by atoms with Gasteiger partial charge in [-0.2, -0.15) is 0 Å². The zero-order valence-corrected chi connectivity index (χ0v) is 16.2. The van der Waals surface area contributed by atoms with E-state index in [4.69, 9.17) is 14.2 Å². The Morgan fingerprint density at radius 1 is 1.00 bits per heavy atom. The molecule has 0 spiro atoms. The van der Waals surface area contributed by atoms with Crippen molar-refractivity contribution < 1.29 is 14.2 Å². The molecule has 1 aliphatic carbocycles. The summed E-state index contributed by atoms with van der Waals surface area (Å²) in [6.45, 7) is 4.65. The molecule has 1 N–H and O–H groups in total. The van der Waals surface area contributed by atoms with Crippen LogP contribution < -0.4 is 19.5 Å². The summed E-state index contributed by atoms with van der Waals surface area (Å²) >= 11 is 0. The lowest BCUT2D eigenvalue weighted by atomic mass is 9.61. The van der Waals surface area contributed by atoms with Gasteiger partial charge < -0.3 is 19.5 Å². The lowest BCUT2D eigenvalue weighted by Gasteiger charge is -2.49. The molecule has 4 heteroatoms. The van der Waals surface area contributed by atoms with Gasteiger partial charge in [-0.05, 0) is 29.9 Å². The predicted molar refractivity (Wildman–Crippen MR) is 104 cm³/mol. The highest BCUT2D eigenvalue weighted by Gasteiger charge is 2.47. The first-order valence-electron chi connectivity index (χ1n) is 9.20. The van der Waals surface area contributed by atoms with Gasteiger partial charge in [-0.3, -0.25) is 0 Å². The third-order valence-electron chi connectivity index (χ3n) is 6.23. The molecule has 0 radical (unpaired) electrons. The quantitative estimate of drug-likeness (QED) is 0.867. The van der Waals surface area contributed by atoms with Crippen molar-refractivity contribution in [1.29, 1.82) is 0 Å². The van der Waals surface area contributed by atoms with E-state index in [1.165, 1.54) is 16.7 Å². The number of ether oxygens (including phenoxy) is 3. The van der Waals surface area contributed by atoms with E-state index in [0.29, 0.717) is 23.5 Å². The molecule has 2 aliphatic rings. The SMILES string of the molecule is COc1cc2c(c(OC)c1OC)C(C)(C)[C@H]1CCc3ccccc3[C@H]1N2. The maximum absolute atomic E-state index is 5.82. The average Bonchev–Trinajstić information content (AvgIpc) is 2.66. The summed E-state index contributed by atoms with van der Waals surface area (Å²) in [6.07, 6.45) is 2.27. The van der Waals surface area contributed by atoms with E-state index in [9.17, 15) is 0 Å². The van der Waals surface area contributed by atoms with Crippen molar-refractivity contribution in [2.45, 2.75) is 38.1 Å². The van der Waals surface area contributed by atoms with Gasteiger partial charge in [-0.15, -0.1) is 0 Å². The molecule has 2 atom stereocenters. The highest BCUT2D eigenvalue weighted by Crippen LogP contribution is 2.58. The Morgan fingerprint density at radius 2 is 1.73 bits per heavy atom. The van der Waals surface area contributed by atoms with Gasteiger partial charge in [-0.25, -0.2) is 0 Å². The number of methoxy groups -OCH3 is 3. The molecule has 2 aromatic rings. The summed E-state index contributed by atoms with van der Waals surface area (Å²) in [4.78, 5) is 0. The Hall–Kier alpha value is -2.36. The Bertz CT molecular complexity index is 844. The summed E-state index contributed by atoms with van der Waals surface area (Å²) in [5.74, 6) is 2.61. The molecule has 138 valence electrons. The second kappa shape index (κ2) is 6.11. The topological polar surface area (TPSA) is 39.7 Å². The molecule has 0 aromatic heterocycles. The monoisotopic (exact) mass is 353 g/mol. The van der Waals surface area contributed by atoms with Gasteiger partial charge in [0.2, 0.25) is 5.75 Å². The zero-order valence-electron chi connectivity index (χ0n) is 16.2. The van der Waals surface area contributed by atoms with Crippen molar-refractivity contribution >= 4 is 5.69 Å². The van der Waals surface area contributed by atoms with Crippen LogP contribution >= 0.6 is 0 Å². The molecular weight excluding hydrogens is 326 g/mol. The molecule has 0 amide bonds. The van der Waals surface area contributed by atoms with Crippen LogP contribution in [-0.2, 0) is 11.8 Å². The summed E-state index contributed by atoms with van der Waals surface area (Å²) in [5.41, 5.74) is 5.06. The summed E-state index contributed by atoms with van der Waals surface area (Å²) < 4.78 is 17.0. The van der Waals surface area contributed by atoms with Crippen LogP contribution in [0.15, 0.2) is 30.3 Å². The number of aryl methyl sites for hydroxylation is 1. The summed E-state index contributed by atoms with van der Waals surface area (Å²) in [7, 11) is 5.03. The van der Waals surface area contributed by atoms with Crippen LogP contribution in [0.2, 0.25) is 0 Å². The van der Waals surface area contributed by atoms with Crippen LogP contribution in [0.4, 0.5) is 5.69 Å². The van der Waals surface area contributed by atoms with E-state index in [1.54, 1.807) is 21.3 Å². The standard InChI is InChI=1S/C22H27NO3/c1-22(2)15-11-10-13-8-6-7-9-14(13)19(15)23-16-12-17(24-3)20(25-4)21(26-5)18(16)22/h6-9,12,15,19,23H,10-11H2,1-5H3/t15-,19+/m0/s1. The molecule has 4 rings (SSSR count). The van der Waals surface area contributed by atoms with E-state index >= 15 is 0 Å². The van der Waals surface area contributed by atoms with E-state index < -0.39 is 0 Å². The van der Waals surface area contributed by atoms with Crippen molar-refractivity contribution in [2.24, 2.45) is 5.92 Å². The van der Waals surface area contributed by atoms with Gasteiger partial charge in [0.1, 0.15) is 0 Å². The molecule has 1 aliphatic heterocycles. The molecule has 0 saturated heterocycles. The smallest absolute Gasteiger partial charge is 0.203 e. The first kappa shape index (κ1) is 17.1. The number of rotatable bonds is 3. The highest BCUT2D eigenvalue weighted by molar-refractivity contribution is 5.73. The van der Waals surface area contributed by atoms with Crippen molar-refractivity contribution in [1.82, 2.24) is 0 Å². The lowest BCUT2D eigenvalue weighted by Crippen LogP contribution is -2.44. The van der Waals surface area contributed by atoms with Crippen LogP contribution in [0.1, 0.15) is 43.0 Å². The lowest BCUT2D eigenvalue weighted by molar-refractivity contribution is 0.228. The molecule has 26 heavy (non-hydrogen) atoms. The van der Waals surface area contributed by atoms with Gasteiger partial charge >= 0.3 is 0 Å². The zero-order chi connectivity index (χ0) is 18.5. The minimum atomic E-state index is -0.0519. The van der Waals surface area contributed by atoms with Gasteiger partial charge in [0.15, 0.2) is 11.5 Å². The maximum Gasteiger partial charge on any atom is 0.203 e. The van der Waals surface area contributed by atoms with Gasteiger partial charge in [0, 0.05) is 22.7 Å². The predicted octanol–water partition coefficient (Wildman–Crippen LogP) is 4.72. The minimum absolute atomic E-state index is 0.0519. The number of nitrogens with one attached hydrogen (secondary N) is 1. The van der Waals surface area contributed by atoms with Crippen LogP contribution in [0.5, 0.6) is 17.2 Å². The maximum atomic E-state index is 5.82. The Balaban J connectivity index is 1.94. The van der Waals surface area contributed by atoms with Crippen molar-refractivity contribution in [2.75, 3.05) is 26.6 Å². The third-order valence-corrected chi connectivity index (χ3v) is 6.23. The first-order chi connectivity index (χ1) is 12.5. The number of anilines is 1. The molecule has 0 bridgehead atoms. The van der Waals surface area contributed by atoms with Crippen LogP contribution in [0, 0.1) is 5.92 Å². The van der Waals surface area contributed by atoms with E-state index in [2.05, 4.69) is 43.4 Å². The average molecular weight is 353 g/mol. The molecule has 2 aromatic carbocycles. The Morgan fingerprint density at radius 3 is 2.42 bits per heavy atom. The molecule has 4 nitrogen and oxygen atoms in total. The fourth-order valence-corrected chi connectivity index (χ4v) is 4.98. The number of hydrogen-bond donors (Lipinski definition) is 1. The van der Waals surface area contributed by atoms with Gasteiger partial charge in [0.05, 0.1) is 27.4 Å². The highest BCUT2D eigenvalue weighted by atomic mass is 16.5. The third kappa shape index (κ3) is 2.28. The second-order valence-corrected chi connectivity index (χ2v) is 7.76. The number of benzene rings is 2. The first-order valence-corrected chi connectivity index (χ1v) is 9.20. The number of fused-ring (bicyclic) bond motifs is 4. The van der Waals surface area contributed by atoms with Crippen molar-refractivity contribution in [3.8, 4) is 17.2 Å². The van der Waals surface area contributed by atoms with Crippen LogP contribution in [-0.4, -0.2) is 21.3 Å². The molecular formula is C22H27NO3. The van der Waals surface area contributed by atoms with Crippen molar-refractivity contribution in [3.05, 3.63) is 47.0 Å². The normalized spacial score (nSPS) is 22.3. The molecule has 0 saturated carbocycles. The number of hydrogen-bond acceptors (Lipinski definition) is 4. The van der Waals surface area contributed by atoms with Crippen molar-refractivity contribution in [3.63, 3.8) is 0 Å².